The zero-order chi connectivity index (χ0) is 14.4. The standard InChI is InChI=1S/C13H16N2O3S2/c1-2-13-15-10(7-19-13)8-20(17)9-12(16)14-6-11-4-3-5-18-11/h3-5,7H,2,6,8-9H2,1H3,(H,14,16)/t20-/m1/s1. The lowest BCUT2D eigenvalue weighted by Crippen LogP contribution is -2.28. The number of aromatic nitrogens is 1. The summed E-state index contributed by atoms with van der Waals surface area (Å²) < 4.78 is 17.0. The minimum atomic E-state index is -1.24. The summed E-state index contributed by atoms with van der Waals surface area (Å²) in [6.45, 7) is 2.35. The lowest BCUT2D eigenvalue weighted by molar-refractivity contribution is -0.118. The molecule has 2 heterocycles. The SMILES string of the molecule is CCc1nc(C[S@@](=O)CC(=O)NCc2ccco2)cs1. The van der Waals surface area contributed by atoms with Crippen LogP contribution in [0.3, 0.4) is 0 Å². The largest absolute Gasteiger partial charge is 0.467 e. The minimum absolute atomic E-state index is 0.0142. The zero-order valence-corrected chi connectivity index (χ0v) is 12.8. The van der Waals surface area contributed by atoms with E-state index < -0.39 is 10.8 Å². The zero-order valence-electron chi connectivity index (χ0n) is 11.1. The number of rotatable bonds is 7. The van der Waals surface area contributed by atoms with Crippen LogP contribution in [-0.4, -0.2) is 20.9 Å². The molecule has 7 heteroatoms. The number of nitrogens with zero attached hydrogens (tertiary/aromatic N) is 1. The Kier molecular flexibility index (Phi) is 5.49. The van der Waals surface area contributed by atoms with Crippen molar-refractivity contribution >= 4 is 28.0 Å². The molecule has 0 spiro atoms. The summed E-state index contributed by atoms with van der Waals surface area (Å²) in [4.78, 5) is 16.0. The molecule has 20 heavy (non-hydrogen) atoms. The van der Waals surface area contributed by atoms with Gasteiger partial charge in [-0.15, -0.1) is 11.3 Å². The second-order valence-electron chi connectivity index (χ2n) is 4.17. The van der Waals surface area contributed by atoms with Crippen LogP contribution in [0, 0.1) is 0 Å². The van der Waals surface area contributed by atoms with Gasteiger partial charge in [0.15, 0.2) is 0 Å². The molecule has 2 aromatic rings. The summed E-state index contributed by atoms with van der Waals surface area (Å²) in [6.07, 6.45) is 2.42. The van der Waals surface area contributed by atoms with Crippen LogP contribution in [0.25, 0.3) is 0 Å². The first kappa shape index (κ1) is 14.9. The number of carbonyl (C=O) groups excluding carboxylic acids is 1. The molecule has 0 unspecified atom stereocenters. The van der Waals surface area contributed by atoms with Crippen LogP contribution in [0.5, 0.6) is 0 Å². The number of carbonyl (C=O) groups is 1. The highest BCUT2D eigenvalue weighted by Crippen LogP contribution is 2.11. The van der Waals surface area contributed by atoms with Gasteiger partial charge in [-0.05, 0) is 18.6 Å². The average molecular weight is 312 g/mol. The molecule has 0 fully saturated rings. The Balaban J connectivity index is 1.74. The quantitative estimate of drug-likeness (QED) is 0.847. The Hall–Kier alpha value is -1.47. The van der Waals surface area contributed by atoms with Gasteiger partial charge in [0.2, 0.25) is 5.91 Å². The molecule has 0 radical (unpaired) electrons. The van der Waals surface area contributed by atoms with E-state index in [0.717, 1.165) is 17.1 Å². The lowest BCUT2D eigenvalue weighted by Gasteiger charge is -2.02. The third-order valence-corrected chi connectivity index (χ3v) is 4.79. The third-order valence-electron chi connectivity index (χ3n) is 2.54. The van der Waals surface area contributed by atoms with Crippen molar-refractivity contribution in [3.8, 4) is 0 Å². The number of hydrogen-bond donors (Lipinski definition) is 1. The average Bonchev–Trinajstić information content (AvgIpc) is 3.06. The first-order valence-electron chi connectivity index (χ1n) is 6.24. The van der Waals surface area contributed by atoms with Crippen molar-refractivity contribution < 1.29 is 13.4 Å². The fourth-order valence-corrected chi connectivity index (χ4v) is 3.41. The Morgan fingerprint density at radius 3 is 3.05 bits per heavy atom. The van der Waals surface area contributed by atoms with Crippen LogP contribution in [0.1, 0.15) is 23.4 Å². The van der Waals surface area contributed by atoms with Gasteiger partial charge in [0.1, 0.15) is 11.5 Å². The van der Waals surface area contributed by atoms with Crippen LogP contribution >= 0.6 is 11.3 Å². The number of hydrogen-bond acceptors (Lipinski definition) is 5. The Labute approximate surface area is 123 Å². The summed E-state index contributed by atoms with van der Waals surface area (Å²) in [5, 5.41) is 5.60. The van der Waals surface area contributed by atoms with E-state index in [-0.39, 0.29) is 11.7 Å². The van der Waals surface area contributed by atoms with E-state index in [2.05, 4.69) is 10.3 Å². The smallest absolute Gasteiger partial charge is 0.233 e. The highest BCUT2D eigenvalue weighted by atomic mass is 32.2. The van der Waals surface area contributed by atoms with E-state index in [1.165, 1.54) is 0 Å². The van der Waals surface area contributed by atoms with Crippen molar-refractivity contribution in [3.63, 3.8) is 0 Å². The van der Waals surface area contributed by atoms with Gasteiger partial charge in [-0.25, -0.2) is 4.98 Å². The Morgan fingerprint density at radius 2 is 2.40 bits per heavy atom. The predicted molar refractivity (Wildman–Crippen MR) is 78.8 cm³/mol. The molecule has 0 aliphatic rings. The molecule has 1 atom stereocenters. The van der Waals surface area contributed by atoms with Gasteiger partial charge in [-0.1, -0.05) is 6.92 Å². The number of aryl methyl sites for hydroxylation is 1. The summed E-state index contributed by atoms with van der Waals surface area (Å²) in [7, 11) is -1.24. The molecule has 0 saturated carbocycles. The summed E-state index contributed by atoms with van der Waals surface area (Å²) >= 11 is 1.56. The monoisotopic (exact) mass is 312 g/mol. The molecule has 0 aliphatic heterocycles. The maximum absolute atomic E-state index is 11.9. The topological polar surface area (TPSA) is 72.2 Å². The van der Waals surface area contributed by atoms with Crippen molar-refractivity contribution in [1.29, 1.82) is 0 Å². The lowest BCUT2D eigenvalue weighted by atomic mass is 10.4. The molecular weight excluding hydrogens is 296 g/mol. The highest BCUT2D eigenvalue weighted by Gasteiger charge is 2.11. The van der Waals surface area contributed by atoms with Gasteiger partial charge in [-0.3, -0.25) is 9.00 Å². The molecular formula is C13H16N2O3S2. The van der Waals surface area contributed by atoms with Crippen molar-refractivity contribution in [2.24, 2.45) is 0 Å². The Morgan fingerprint density at radius 1 is 1.55 bits per heavy atom. The highest BCUT2D eigenvalue weighted by molar-refractivity contribution is 7.84. The van der Waals surface area contributed by atoms with E-state index in [9.17, 15) is 9.00 Å². The van der Waals surface area contributed by atoms with Gasteiger partial charge in [0.05, 0.1) is 29.3 Å². The molecule has 0 aliphatic carbocycles. The Bertz CT molecular complexity index is 578. The number of thiazole rings is 1. The maximum atomic E-state index is 11.9. The van der Waals surface area contributed by atoms with Gasteiger partial charge < -0.3 is 9.73 Å². The molecule has 2 aromatic heterocycles. The van der Waals surface area contributed by atoms with Gasteiger partial charge in [0, 0.05) is 16.2 Å². The van der Waals surface area contributed by atoms with Gasteiger partial charge >= 0.3 is 0 Å². The molecule has 2 rings (SSSR count). The van der Waals surface area contributed by atoms with E-state index in [1.807, 2.05) is 12.3 Å². The first-order chi connectivity index (χ1) is 9.67. The normalized spacial score (nSPS) is 12.2. The molecule has 1 amide bonds. The van der Waals surface area contributed by atoms with Crippen molar-refractivity contribution in [1.82, 2.24) is 10.3 Å². The van der Waals surface area contributed by atoms with Crippen LogP contribution < -0.4 is 5.32 Å². The van der Waals surface area contributed by atoms with E-state index in [4.69, 9.17) is 4.42 Å². The fourth-order valence-electron chi connectivity index (χ4n) is 1.59. The third kappa shape index (κ3) is 4.57. The van der Waals surface area contributed by atoms with Crippen LogP contribution in [0.2, 0.25) is 0 Å². The van der Waals surface area contributed by atoms with Crippen LogP contribution in [0.15, 0.2) is 28.2 Å². The summed E-state index contributed by atoms with van der Waals surface area (Å²) in [5.74, 6) is 0.742. The van der Waals surface area contributed by atoms with Crippen LogP contribution in [-0.2, 0) is 34.3 Å². The number of nitrogens with one attached hydrogen (secondary N) is 1. The van der Waals surface area contributed by atoms with Crippen molar-refractivity contribution in [3.05, 3.63) is 40.2 Å². The molecule has 5 nitrogen and oxygen atoms in total. The van der Waals surface area contributed by atoms with E-state index in [1.54, 1.807) is 29.7 Å². The molecule has 0 bridgehead atoms. The number of amides is 1. The summed E-state index contributed by atoms with van der Waals surface area (Å²) in [5.41, 5.74) is 0.795. The molecule has 108 valence electrons. The minimum Gasteiger partial charge on any atom is -0.467 e. The second kappa shape index (κ2) is 7.35. The van der Waals surface area contributed by atoms with Crippen molar-refractivity contribution in [2.75, 3.05) is 5.75 Å². The molecule has 0 aromatic carbocycles. The molecule has 1 N–H and O–H groups in total. The van der Waals surface area contributed by atoms with Crippen molar-refractivity contribution in [2.45, 2.75) is 25.6 Å². The fraction of sp³-hybridized carbons (Fsp3) is 0.385. The first-order valence-corrected chi connectivity index (χ1v) is 8.61. The van der Waals surface area contributed by atoms with Gasteiger partial charge in [0.25, 0.3) is 0 Å². The van der Waals surface area contributed by atoms with E-state index in [0.29, 0.717) is 18.1 Å². The van der Waals surface area contributed by atoms with Gasteiger partial charge in [-0.2, -0.15) is 0 Å². The van der Waals surface area contributed by atoms with E-state index >= 15 is 0 Å². The maximum Gasteiger partial charge on any atom is 0.233 e. The number of furan rings is 1. The second-order valence-corrected chi connectivity index (χ2v) is 6.57. The van der Waals surface area contributed by atoms with Crippen LogP contribution in [0.4, 0.5) is 0 Å². The predicted octanol–water partition coefficient (Wildman–Crippen LogP) is 1.86. The molecule has 0 saturated heterocycles. The summed E-state index contributed by atoms with van der Waals surface area (Å²) in [6, 6.07) is 3.53.